The molecule has 5 rings (SSSR count). The van der Waals surface area contributed by atoms with Gasteiger partial charge in [-0.1, -0.05) is 42.0 Å². The van der Waals surface area contributed by atoms with E-state index in [4.69, 9.17) is 4.18 Å². The van der Waals surface area contributed by atoms with Crippen LogP contribution in [0.3, 0.4) is 0 Å². The quantitative estimate of drug-likeness (QED) is 0.192. The van der Waals surface area contributed by atoms with Crippen molar-refractivity contribution in [1.82, 2.24) is 4.57 Å². The van der Waals surface area contributed by atoms with Gasteiger partial charge in [-0.05, 0) is 31.2 Å². The van der Waals surface area contributed by atoms with E-state index in [0.717, 1.165) is 18.5 Å². The van der Waals surface area contributed by atoms with Crippen LogP contribution in [0.5, 0.6) is 5.75 Å². The lowest BCUT2D eigenvalue weighted by Crippen LogP contribution is -2.25. The van der Waals surface area contributed by atoms with Crippen molar-refractivity contribution in [1.29, 1.82) is 0 Å². The summed E-state index contributed by atoms with van der Waals surface area (Å²) in [7, 11) is -2.28. The first-order valence-corrected chi connectivity index (χ1v) is 13.3. The molecular weight excluding hydrogens is 490 g/mol. The van der Waals surface area contributed by atoms with E-state index < -0.39 is 15.9 Å². The first kappa shape index (κ1) is 24.5. The standard InChI is InChI=1S/C28H25N3O5S/c1-19-8-10-20(11-9-19)37(34,35)36-24-13-12-23(29-14-5-15-31-17-16-30(2)18-31)25-26(24)28(33)22-7-4-3-6-21(22)27(25)32/h3-4,6-13,16-18H,5,14-15H2,1-2H3/p+1. The molecule has 0 saturated carbocycles. The second kappa shape index (κ2) is 9.67. The first-order valence-electron chi connectivity index (χ1n) is 11.9. The van der Waals surface area contributed by atoms with Crippen molar-refractivity contribution in [2.75, 3.05) is 11.9 Å². The molecule has 0 unspecified atom stereocenters. The SMILES string of the molecule is Cc1ccc(S(=O)(=O)Oc2ccc(NCCCn3cc[n+](C)c3)c3c2C(=O)c2ccccc2C3=O)cc1. The van der Waals surface area contributed by atoms with Crippen molar-refractivity contribution in [3.8, 4) is 5.75 Å². The van der Waals surface area contributed by atoms with E-state index in [1.807, 2.05) is 37.3 Å². The Labute approximate surface area is 215 Å². The fraction of sp³-hybridized carbons (Fsp3) is 0.179. The summed E-state index contributed by atoms with van der Waals surface area (Å²) in [4.78, 5) is 27.1. The molecule has 1 aliphatic rings. The number of anilines is 1. The number of rotatable bonds is 8. The van der Waals surface area contributed by atoms with Crippen molar-refractivity contribution in [3.05, 3.63) is 107 Å². The highest BCUT2D eigenvalue weighted by molar-refractivity contribution is 7.87. The minimum atomic E-state index is -4.23. The third-order valence-corrected chi connectivity index (χ3v) is 7.53. The molecule has 0 radical (unpaired) electrons. The number of aromatic nitrogens is 2. The smallest absolute Gasteiger partial charge is 0.339 e. The summed E-state index contributed by atoms with van der Waals surface area (Å²) in [6.45, 7) is 3.15. The van der Waals surface area contributed by atoms with Gasteiger partial charge in [0.2, 0.25) is 6.33 Å². The van der Waals surface area contributed by atoms with Gasteiger partial charge >= 0.3 is 10.1 Å². The molecule has 8 nitrogen and oxygen atoms in total. The summed E-state index contributed by atoms with van der Waals surface area (Å²) in [5.74, 6) is -0.986. The van der Waals surface area contributed by atoms with E-state index in [1.165, 1.54) is 18.2 Å². The number of carbonyl (C=O) groups is 2. The van der Waals surface area contributed by atoms with Crippen molar-refractivity contribution in [2.24, 2.45) is 7.05 Å². The highest BCUT2D eigenvalue weighted by Crippen LogP contribution is 2.38. The molecule has 37 heavy (non-hydrogen) atoms. The maximum absolute atomic E-state index is 13.6. The Kier molecular flexibility index (Phi) is 6.39. The van der Waals surface area contributed by atoms with Gasteiger partial charge < -0.3 is 9.50 Å². The summed E-state index contributed by atoms with van der Waals surface area (Å²) in [6.07, 6.45) is 6.67. The molecule has 0 saturated heterocycles. The Morgan fingerprint density at radius 1 is 0.919 bits per heavy atom. The molecule has 0 fully saturated rings. The fourth-order valence-corrected chi connectivity index (χ4v) is 5.34. The van der Waals surface area contributed by atoms with Gasteiger partial charge in [0.15, 0.2) is 17.3 Å². The van der Waals surface area contributed by atoms with E-state index in [1.54, 1.807) is 42.5 Å². The third kappa shape index (κ3) is 4.77. The number of nitrogens with one attached hydrogen (secondary N) is 1. The van der Waals surface area contributed by atoms with Gasteiger partial charge in [-0.25, -0.2) is 9.13 Å². The number of carbonyl (C=O) groups excluding carboxylic acids is 2. The van der Waals surface area contributed by atoms with Crippen molar-refractivity contribution >= 4 is 27.4 Å². The van der Waals surface area contributed by atoms with E-state index in [9.17, 15) is 18.0 Å². The van der Waals surface area contributed by atoms with Gasteiger partial charge in [0.25, 0.3) is 0 Å². The Hall–Kier alpha value is -4.24. The van der Waals surface area contributed by atoms with Gasteiger partial charge in [0.1, 0.15) is 17.3 Å². The van der Waals surface area contributed by atoms with Crippen LogP contribution in [0.4, 0.5) is 5.69 Å². The van der Waals surface area contributed by atoms with Crippen molar-refractivity contribution in [2.45, 2.75) is 24.8 Å². The van der Waals surface area contributed by atoms with Crippen LogP contribution in [0.2, 0.25) is 0 Å². The fourth-order valence-electron chi connectivity index (χ4n) is 4.40. The van der Waals surface area contributed by atoms with E-state index in [2.05, 4.69) is 9.88 Å². The van der Waals surface area contributed by atoms with Gasteiger partial charge in [-0.15, -0.1) is 0 Å². The first-order chi connectivity index (χ1) is 17.7. The predicted molar refractivity (Wildman–Crippen MR) is 137 cm³/mol. The molecule has 0 spiro atoms. The molecule has 1 N–H and O–H groups in total. The lowest BCUT2D eigenvalue weighted by molar-refractivity contribution is -0.671. The maximum atomic E-state index is 13.6. The minimum absolute atomic E-state index is 0.0394. The van der Waals surface area contributed by atoms with Crippen LogP contribution in [-0.2, 0) is 23.7 Å². The summed E-state index contributed by atoms with van der Waals surface area (Å²) in [6, 6.07) is 15.8. The molecule has 0 amide bonds. The third-order valence-electron chi connectivity index (χ3n) is 6.28. The molecule has 0 bridgehead atoms. The number of nitrogens with zero attached hydrogens (tertiary/aromatic N) is 2. The van der Waals surface area contributed by atoms with E-state index in [0.29, 0.717) is 12.2 Å². The zero-order valence-electron chi connectivity index (χ0n) is 20.5. The topological polar surface area (TPSA) is 98.3 Å². The molecule has 0 atom stereocenters. The molecule has 0 aliphatic heterocycles. The number of hydrogen-bond acceptors (Lipinski definition) is 6. The minimum Gasteiger partial charge on any atom is -0.384 e. The highest BCUT2D eigenvalue weighted by Gasteiger charge is 2.35. The Morgan fingerprint density at radius 3 is 2.24 bits per heavy atom. The maximum Gasteiger partial charge on any atom is 0.339 e. The summed E-state index contributed by atoms with van der Waals surface area (Å²) in [5.41, 5.74) is 1.92. The van der Waals surface area contributed by atoms with Crippen molar-refractivity contribution in [3.63, 3.8) is 0 Å². The average molecular weight is 517 g/mol. The van der Waals surface area contributed by atoms with E-state index >= 15 is 0 Å². The predicted octanol–water partition coefficient (Wildman–Crippen LogP) is 3.67. The lowest BCUT2D eigenvalue weighted by atomic mass is 9.82. The second-order valence-corrected chi connectivity index (χ2v) is 10.6. The lowest BCUT2D eigenvalue weighted by Gasteiger charge is -2.23. The zero-order chi connectivity index (χ0) is 26.2. The molecule has 3 aromatic carbocycles. The molecule has 188 valence electrons. The number of ketones is 2. The van der Waals surface area contributed by atoms with Crippen molar-refractivity contribution < 1.29 is 26.8 Å². The van der Waals surface area contributed by atoms with Crippen LogP contribution in [0.25, 0.3) is 0 Å². The number of fused-ring (bicyclic) bond motifs is 2. The molecule has 1 aromatic heterocycles. The normalized spacial score (nSPS) is 12.7. The van der Waals surface area contributed by atoms with Crippen LogP contribution in [0, 0.1) is 6.92 Å². The Morgan fingerprint density at radius 2 is 1.59 bits per heavy atom. The number of hydrogen-bond donors (Lipinski definition) is 1. The van der Waals surface area contributed by atoms with Crippen LogP contribution in [0.15, 0.2) is 84.3 Å². The van der Waals surface area contributed by atoms with Crippen LogP contribution < -0.4 is 14.1 Å². The van der Waals surface area contributed by atoms with Gasteiger partial charge in [0.05, 0.1) is 24.7 Å². The monoisotopic (exact) mass is 516 g/mol. The van der Waals surface area contributed by atoms with Crippen LogP contribution in [0.1, 0.15) is 43.8 Å². The highest BCUT2D eigenvalue weighted by atomic mass is 32.2. The molecular formula is C28H26N3O5S+. The zero-order valence-corrected chi connectivity index (χ0v) is 21.3. The molecule has 1 aliphatic carbocycles. The van der Waals surface area contributed by atoms with Gasteiger partial charge in [-0.2, -0.15) is 8.42 Å². The Balaban J connectivity index is 1.49. The second-order valence-electron chi connectivity index (χ2n) is 9.01. The molecule has 4 aromatic rings. The van der Waals surface area contributed by atoms with Crippen LogP contribution >= 0.6 is 0 Å². The van der Waals surface area contributed by atoms with E-state index in [-0.39, 0.29) is 38.7 Å². The van der Waals surface area contributed by atoms with Gasteiger partial charge in [0, 0.05) is 29.8 Å². The summed E-state index contributed by atoms with van der Waals surface area (Å²) < 4.78 is 35.5. The Bertz CT molecular complexity index is 1620. The van der Waals surface area contributed by atoms with Gasteiger partial charge in [-0.3, -0.25) is 9.59 Å². The number of benzene rings is 3. The molecule has 1 heterocycles. The number of imidazole rings is 1. The summed E-state index contributed by atoms with van der Waals surface area (Å²) >= 11 is 0. The summed E-state index contributed by atoms with van der Waals surface area (Å²) in [5, 5.41) is 3.26. The molecule has 9 heteroatoms. The van der Waals surface area contributed by atoms with Crippen LogP contribution in [-0.4, -0.2) is 31.1 Å². The number of aryl methyl sites for hydroxylation is 3. The average Bonchev–Trinajstić information content (AvgIpc) is 3.30. The largest absolute Gasteiger partial charge is 0.384 e.